The van der Waals surface area contributed by atoms with Crippen LogP contribution in [0.25, 0.3) is 0 Å². The van der Waals surface area contributed by atoms with E-state index in [1.165, 1.54) is 5.06 Å². The van der Waals surface area contributed by atoms with Crippen LogP contribution in [0.15, 0.2) is 0 Å². The third kappa shape index (κ3) is 4.17. The summed E-state index contributed by atoms with van der Waals surface area (Å²) in [7, 11) is 0. The number of piperidine rings is 1. The number of aliphatic hydroxyl groups is 1. The molecule has 0 aromatic heterocycles. The molecule has 0 atom stereocenters. The molecule has 0 saturated carbocycles. The van der Waals surface area contributed by atoms with Crippen molar-refractivity contribution in [2.24, 2.45) is 0 Å². The molecule has 1 heterocycles. The number of nitrogens with zero attached hydrogens (tertiary/aromatic N) is 1. The maximum Gasteiger partial charge on any atom is 0.0704 e. The molecule has 0 unspecified atom stereocenters. The molecule has 1 aliphatic rings. The molecule has 0 aliphatic carbocycles. The third-order valence-electron chi connectivity index (χ3n) is 3.42. The molecule has 5 heteroatoms. The van der Waals surface area contributed by atoms with Gasteiger partial charge < -0.3 is 19.8 Å². The van der Waals surface area contributed by atoms with E-state index in [0.717, 1.165) is 12.8 Å². The molecule has 1 saturated heterocycles. The highest BCUT2D eigenvalue weighted by Gasteiger charge is 2.45. The van der Waals surface area contributed by atoms with Gasteiger partial charge in [-0.25, -0.2) is 0 Å². The van der Waals surface area contributed by atoms with E-state index in [-0.39, 0.29) is 23.8 Å². The first-order valence-electron chi connectivity index (χ1n) is 6.59. The highest BCUT2D eigenvalue weighted by molar-refractivity contribution is 4.96. The maximum atomic E-state index is 10.1. The van der Waals surface area contributed by atoms with Gasteiger partial charge in [0.25, 0.3) is 0 Å². The molecule has 1 aliphatic heterocycles. The van der Waals surface area contributed by atoms with Crippen LogP contribution in [0.4, 0.5) is 0 Å². The Morgan fingerprint density at radius 2 is 1.61 bits per heavy atom. The van der Waals surface area contributed by atoms with Crippen molar-refractivity contribution in [2.45, 2.75) is 57.7 Å². The number of aliphatic hydroxyl groups excluding tert-OH is 1. The van der Waals surface area contributed by atoms with E-state index in [1.54, 1.807) is 0 Å². The summed E-state index contributed by atoms with van der Waals surface area (Å²) in [6, 6.07) is 0. The summed E-state index contributed by atoms with van der Waals surface area (Å²) in [6.45, 7) is 9.51. The van der Waals surface area contributed by atoms with Gasteiger partial charge in [0.1, 0.15) is 0 Å². The van der Waals surface area contributed by atoms with Crippen molar-refractivity contribution >= 4 is 0 Å². The second-order valence-corrected chi connectivity index (χ2v) is 6.17. The summed E-state index contributed by atoms with van der Waals surface area (Å²) in [5, 5.41) is 20.2. The third-order valence-corrected chi connectivity index (χ3v) is 3.42. The van der Waals surface area contributed by atoms with Crippen LogP contribution in [0.1, 0.15) is 40.5 Å². The zero-order valence-corrected chi connectivity index (χ0v) is 12.0. The Balaban J connectivity index is 2.39. The Morgan fingerprint density at radius 3 is 2.11 bits per heavy atom. The molecule has 1 rings (SSSR count). The average Bonchev–Trinajstić information content (AvgIpc) is 2.25. The number of rotatable bonds is 6. The van der Waals surface area contributed by atoms with Gasteiger partial charge in [0.15, 0.2) is 0 Å². The summed E-state index contributed by atoms with van der Waals surface area (Å²) >= 11 is 0. The number of hydroxylamine groups is 2. The highest BCUT2D eigenvalue weighted by atomic mass is 16.5. The van der Waals surface area contributed by atoms with Crippen molar-refractivity contribution in [3.8, 4) is 0 Å². The molecule has 0 bridgehead atoms. The molecule has 108 valence electrons. The van der Waals surface area contributed by atoms with Crippen molar-refractivity contribution in [3.05, 3.63) is 0 Å². The summed E-state index contributed by atoms with van der Waals surface area (Å²) in [4.78, 5) is 0. The zero-order valence-electron chi connectivity index (χ0n) is 12.0. The van der Waals surface area contributed by atoms with Crippen LogP contribution in [-0.4, -0.2) is 59.0 Å². The highest BCUT2D eigenvalue weighted by Crippen LogP contribution is 2.37. The van der Waals surface area contributed by atoms with Crippen molar-refractivity contribution in [3.63, 3.8) is 0 Å². The lowest BCUT2D eigenvalue weighted by Crippen LogP contribution is -2.60. The first-order valence-corrected chi connectivity index (χ1v) is 6.59. The van der Waals surface area contributed by atoms with Gasteiger partial charge in [0.05, 0.1) is 32.5 Å². The minimum atomic E-state index is -0.279. The standard InChI is InChI=1S/C13H27NO4/c1-12(2)9-11(10-13(3,4)14(12)16)18-8-7-17-6-5-15/h11,15-16H,5-10H2,1-4H3. The second-order valence-electron chi connectivity index (χ2n) is 6.17. The maximum absolute atomic E-state index is 10.1. The number of hydrogen-bond acceptors (Lipinski definition) is 5. The molecule has 0 aromatic carbocycles. The van der Waals surface area contributed by atoms with Crippen LogP contribution in [0.3, 0.4) is 0 Å². The largest absolute Gasteiger partial charge is 0.394 e. The van der Waals surface area contributed by atoms with Gasteiger partial charge in [0.2, 0.25) is 0 Å². The summed E-state index contributed by atoms with van der Waals surface area (Å²) in [5.74, 6) is 0. The van der Waals surface area contributed by atoms with Gasteiger partial charge >= 0.3 is 0 Å². The van der Waals surface area contributed by atoms with E-state index in [9.17, 15) is 5.21 Å². The summed E-state index contributed by atoms with van der Waals surface area (Å²) in [5.41, 5.74) is -0.559. The van der Waals surface area contributed by atoms with Gasteiger partial charge in [-0.3, -0.25) is 0 Å². The van der Waals surface area contributed by atoms with Crippen LogP contribution >= 0.6 is 0 Å². The minimum absolute atomic E-state index is 0.0446. The van der Waals surface area contributed by atoms with E-state index in [0.29, 0.717) is 19.8 Å². The van der Waals surface area contributed by atoms with Crippen LogP contribution < -0.4 is 0 Å². The van der Waals surface area contributed by atoms with Gasteiger partial charge in [-0.05, 0) is 40.5 Å². The predicted octanol–water partition coefficient (Wildman–Crippen LogP) is 1.42. The van der Waals surface area contributed by atoms with Crippen LogP contribution in [0.5, 0.6) is 0 Å². The first kappa shape index (κ1) is 15.9. The normalized spacial score (nSPS) is 24.3. The molecular weight excluding hydrogens is 234 g/mol. The molecular formula is C13H27NO4. The molecule has 0 spiro atoms. The van der Waals surface area contributed by atoms with Crippen molar-refractivity contribution in [1.29, 1.82) is 0 Å². The predicted molar refractivity (Wildman–Crippen MR) is 68.7 cm³/mol. The van der Waals surface area contributed by atoms with Gasteiger partial charge in [-0.1, -0.05) is 0 Å². The van der Waals surface area contributed by atoms with Gasteiger partial charge in [-0.15, -0.1) is 0 Å². The van der Waals surface area contributed by atoms with E-state index in [2.05, 4.69) is 0 Å². The second kappa shape index (κ2) is 6.30. The fourth-order valence-corrected chi connectivity index (χ4v) is 2.74. The van der Waals surface area contributed by atoms with Crippen LogP contribution in [-0.2, 0) is 9.47 Å². The smallest absolute Gasteiger partial charge is 0.0704 e. The lowest BCUT2D eigenvalue weighted by atomic mass is 9.80. The number of hydrogen-bond donors (Lipinski definition) is 2. The van der Waals surface area contributed by atoms with Crippen molar-refractivity contribution in [1.82, 2.24) is 5.06 Å². The molecule has 2 N–H and O–H groups in total. The molecule has 0 aromatic rings. The molecule has 0 radical (unpaired) electrons. The fraction of sp³-hybridized carbons (Fsp3) is 1.00. The quantitative estimate of drug-likeness (QED) is 0.708. The Kier molecular flexibility index (Phi) is 5.55. The summed E-state index contributed by atoms with van der Waals surface area (Å²) < 4.78 is 11.0. The van der Waals surface area contributed by atoms with E-state index < -0.39 is 0 Å². The molecule has 0 amide bonds. The van der Waals surface area contributed by atoms with E-state index >= 15 is 0 Å². The Hall–Kier alpha value is -0.200. The molecule has 5 nitrogen and oxygen atoms in total. The Morgan fingerprint density at radius 1 is 1.06 bits per heavy atom. The lowest BCUT2D eigenvalue weighted by molar-refractivity contribution is -0.261. The zero-order chi connectivity index (χ0) is 13.8. The Labute approximate surface area is 110 Å². The SMILES string of the molecule is CC1(C)CC(OCCOCCO)CC(C)(C)N1O. The van der Waals surface area contributed by atoms with Gasteiger partial charge in [-0.2, -0.15) is 5.06 Å². The van der Waals surface area contributed by atoms with Crippen LogP contribution in [0, 0.1) is 0 Å². The lowest BCUT2D eigenvalue weighted by Gasteiger charge is -2.51. The van der Waals surface area contributed by atoms with Crippen LogP contribution in [0.2, 0.25) is 0 Å². The minimum Gasteiger partial charge on any atom is -0.394 e. The first-order chi connectivity index (χ1) is 8.29. The number of ether oxygens (including phenoxy) is 2. The van der Waals surface area contributed by atoms with Crippen molar-refractivity contribution < 1.29 is 19.8 Å². The fourth-order valence-electron chi connectivity index (χ4n) is 2.74. The molecule has 18 heavy (non-hydrogen) atoms. The molecule has 1 fully saturated rings. The average molecular weight is 261 g/mol. The topological polar surface area (TPSA) is 62.2 Å². The van der Waals surface area contributed by atoms with E-state index in [4.69, 9.17) is 14.6 Å². The van der Waals surface area contributed by atoms with E-state index in [1.807, 2.05) is 27.7 Å². The summed E-state index contributed by atoms with van der Waals surface area (Å²) in [6.07, 6.45) is 1.73. The monoisotopic (exact) mass is 261 g/mol. The van der Waals surface area contributed by atoms with Crippen molar-refractivity contribution in [2.75, 3.05) is 26.4 Å². The van der Waals surface area contributed by atoms with Gasteiger partial charge in [0, 0.05) is 11.1 Å². The Bertz CT molecular complexity index is 237.